The Balaban J connectivity index is 1.85. The third-order valence-corrected chi connectivity index (χ3v) is 4.33. The maximum Gasteiger partial charge on any atom is 0.279 e. The predicted molar refractivity (Wildman–Crippen MR) is 110 cm³/mol. The van der Waals surface area contributed by atoms with Crippen LogP contribution in [0.5, 0.6) is 0 Å². The van der Waals surface area contributed by atoms with Crippen molar-refractivity contribution in [2.24, 2.45) is 0 Å². The van der Waals surface area contributed by atoms with Crippen LogP contribution < -0.4 is 20.9 Å². The van der Waals surface area contributed by atoms with Gasteiger partial charge < -0.3 is 20.9 Å². The van der Waals surface area contributed by atoms with E-state index in [2.05, 4.69) is 16.0 Å². The fourth-order valence-electron chi connectivity index (χ4n) is 2.86. The van der Waals surface area contributed by atoms with Gasteiger partial charge in [0, 0.05) is 24.0 Å². The van der Waals surface area contributed by atoms with Crippen LogP contribution in [0.1, 0.15) is 21.5 Å². The third-order valence-electron chi connectivity index (χ3n) is 4.33. The molecule has 0 aliphatic rings. The number of anilines is 2. The molecule has 0 spiro atoms. The number of nitrogens with one attached hydrogen (secondary N) is 4. The second-order valence-electron chi connectivity index (χ2n) is 6.83. The van der Waals surface area contributed by atoms with Crippen LogP contribution >= 0.6 is 0 Å². The molecule has 7 heteroatoms. The molecule has 2 rings (SSSR count). The van der Waals surface area contributed by atoms with E-state index in [4.69, 9.17) is 0 Å². The van der Waals surface area contributed by atoms with E-state index in [0.717, 1.165) is 21.7 Å². The van der Waals surface area contributed by atoms with Gasteiger partial charge in [0.05, 0.1) is 7.05 Å². The van der Waals surface area contributed by atoms with Crippen molar-refractivity contribution in [3.8, 4) is 0 Å². The minimum atomic E-state index is -0.204. The Bertz CT molecular complexity index is 842. The van der Waals surface area contributed by atoms with Crippen molar-refractivity contribution in [1.29, 1.82) is 0 Å². The molecular weight excluding hydrogens is 356 g/mol. The molecule has 148 valence electrons. The Hall–Kier alpha value is -3.19. The lowest BCUT2D eigenvalue weighted by Gasteiger charge is -2.15. The number of aryl methyl sites for hydroxylation is 2. The van der Waals surface area contributed by atoms with Gasteiger partial charge in [-0.3, -0.25) is 14.4 Å². The van der Waals surface area contributed by atoms with E-state index < -0.39 is 0 Å². The molecule has 0 aromatic heterocycles. The maximum atomic E-state index is 12.3. The standard InChI is InChI=1S/C21H26N4O3/c1-14-6-5-7-15(2)20(14)24-19(27)13-25(4)12-18(26)23-17-10-8-16(9-11-17)21(28)22-3/h5-11H,12-13H2,1-4H3,(H,22,28)(H,23,26)(H,24,27)/p+1. The third kappa shape index (κ3) is 5.92. The molecule has 28 heavy (non-hydrogen) atoms. The van der Waals surface area contributed by atoms with Crippen LogP contribution in [-0.4, -0.2) is 44.9 Å². The zero-order valence-electron chi connectivity index (χ0n) is 16.7. The van der Waals surface area contributed by atoms with Gasteiger partial charge in [0.25, 0.3) is 17.7 Å². The summed E-state index contributed by atoms with van der Waals surface area (Å²) >= 11 is 0. The fourth-order valence-corrected chi connectivity index (χ4v) is 2.86. The number of benzene rings is 2. The average Bonchev–Trinajstić information content (AvgIpc) is 2.64. The van der Waals surface area contributed by atoms with E-state index in [1.165, 1.54) is 0 Å². The first kappa shape index (κ1) is 21.1. The Morgan fingerprint density at radius 2 is 1.39 bits per heavy atom. The SMILES string of the molecule is CNC(=O)c1ccc(NC(=O)C[NH+](C)CC(=O)Nc2c(C)cccc2C)cc1. The van der Waals surface area contributed by atoms with Gasteiger partial charge in [0.15, 0.2) is 13.1 Å². The number of hydrogen-bond donors (Lipinski definition) is 4. The number of quaternary nitrogens is 1. The number of amides is 3. The molecule has 2 aromatic carbocycles. The lowest BCUT2D eigenvalue weighted by Crippen LogP contribution is -3.11. The Kier molecular flexibility index (Phi) is 7.28. The molecule has 0 heterocycles. The summed E-state index contributed by atoms with van der Waals surface area (Å²) in [6.07, 6.45) is 0. The summed E-state index contributed by atoms with van der Waals surface area (Å²) in [4.78, 5) is 36.8. The van der Waals surface area contributed by atoms with Gasteiger partial charge in [-0.2, -0.15) is 0 Å². The Morgan fingerprint density at radius 3 is 1.93 bits per heavy atom. The number of carbonyl (C=O) groups is 3. The maximum absolute atomic E-state index is 12.3. The van der Waals surface area contributed by atoms with Crippen molar-refractivity contribution in [3.63, 3.8) is 0 Å². The molecule has 0 bridgehead atoms. The van der Waals surface area contributed by atoms with Gasteiger partial charge in [0.1, 0.15) is 0 Å². The highest BCUT2D eigenvalue weighted by Gasteiger charge is 2.16. The zero-order chi connectivity index (χ0) is 20.7. The molecule has 0 radical (unpaired) electrons. The Morgan fingerprint density at radius 1 is 0.857 bits per heavy atom. The number of para-hydroxylation sites is 1. The van der Waals surface area contributed by atoms with Gasteiger partial charge >= 0.3 is 0 Å². The van der Waals surface area contributed by atoms with Crippen molar-refractivity contribution in [1.82, 2.24) is 5.32 Å². The van der Waals surface area contributed by atoms with Crippen molar-refractivity contribution >= 4 is 29.1 Å². The largest absolute Gasteiger partial charge is 0.355 e. The molecule has 7 nitrogen and oxygen atoms in total. The van der Waals surface area contributed by atoms with Crippen LogP contribution in [0.15, 0.2) is 42.5 Å². The smallest absolute Gasteiger partial charge is 0.279 e. The van der Waals surface area contributed by atoms with E-state index in [1.54, 1.807) is 38.4 Å². The van der Waals surface area contributed by atoms with Crippen LogP contribution in [0.4, 0.5) is 11.4 Å². The van der Waals surface area contributed by atoms with Crippen LogP contribution in [0.2, 0.25) is 0 Å². The normalized spacial score (nSPS) is 11.4. The second kappa shape index (κ2) is 9.66. The number of carbonyl (C=O) groups excluding carboxylic acids is 3. The molecule has 0 aliphatic carbocycles. The van der Waals surface area contributed by atoms with Gasteiger partial charge in [-0.05, 0) is 49.2 Å². The van der Waals surface area contributed by atoms with Gasteiger partial charge in [0.2, 0.25) is 0 Å². The van der Waals surface area contributed by atoms with Gasteiger partial charge in [-0.15, -0.1) is 0 Å². The molecule has 1 atom stereocenters. The Labute approximate surface area is 165 Å². The summed E-state index contributed by atoms with van der Waals surface area (Å²) in [5.74, 6) is -0.528. The predicted octanol–water partition coefficient (Wildman–Crippen LogP) is 0.755. The first-order valence-corrected chi connectivity index (χ1v) is 9.09. The van der Waals surface area contributed by atoms with Crippen molar-refractivity contribution < 1.29 is 19.3 Å². The first-order valence-electron chi connectivity index (χ1n) is 9.09. The minimum Gasteiger partial charge on any atom is -0.355 e. The average molecular weight is 383 g/mol. The van der Waals surface area contributed by atoms with Crippen molar-refractivity contribution in [2.45, 2.75) is 13.8 Å². The number of likely N-dealkylation sites (N-methyl/N-ethyl adjacent to an activating group) is 1. The van der Waals surface area contributed by atoms with Crippen LogP contribution in [0, 0.1) is 13.8 Å². The zero-order valence-corrected chi connectivity index (χ0v) is 16.7. The van der Waals surface area contributed by atoms with Crippen LogP contribution in [0.3, 0.4) is 0 Å². The highest BCUT2D eigenvalue weighted by molar-refractivity contribution is 5.96. The molecule has 0 saturated heterocycles. The summed E-state index contributed by atoms with van der Waals surface area (Å²) in [6.45, 7) is 4.22. The van der Waals surface area contributed by atoms with Crippen LogP contribution in [-0.2, 0) is 9.59 Å². The molecule has 2 aromatic rings. The summed E-state index contributed by atoms with van der Waals surface area (Å²) in [6, 6.07) is 12.5. The fraction of sp³-hybridized carbons (Fsp3) is 0.286. The lowest BCUT2D eigenvalue weighted by atomic mass is 10.1. The first-order chi connectivity index (χ1) is 13.3. The summed E-state index contributed by atoms with van der Waals surface area (Å²) in [5, 5.41) is 8.24. The quantitative estimate of drug-likeness (QED) is 0.569. The topological polar surface area (TPSA) is 91.7 Å². The molecule has 0 aliphatic heterocycles. The highest BCUT2D eigenvalue weighted by atomic mass is 16.2. The molecule has 0 fully saturated rings. The lowest BCUT2D eigenvalue weighted by molar-refractivity contribution is -0.862. The van der Waals surface area contributed by atoms with Gasteiger partial charge in [-0.25, -0.2) is 0 Å². The summed E-state index contributed by atoms with van der Waals surface area (Å²) in [5.41, 5.74) is 3.95. The van der Waals surface area contributed by atoms with Crippen molar-refractivity contribution in [3.05, 3.63) is 59.2 Å². The van der Waals surface area contributed by atoms with Crippen LogP contribution in [0.25, 0.3) is 0 Å². The van der Waals surface area contributed by atoms with E-state index in [1.807, 2.05) is 32.0 Å². The van der Waals surface area contributed by atoms with E-state index in [0.29, 0.717) is 11.3 Å². The van der Waals surface area contributed by atoms with Crippen molar-refractivity contribution in [2.75, 3.05) is 37.8 Å². The summed E-state index contributed by atoms with van der Waals surface area (Å²) in [7, 11) is 3.35. The van der Waals surface area contributed by atoms with E-state index in [9.17, 15) is 14.4 Å². The number of rotatable bonds is 7. The molecule has 4 N–H and O–H groups in total. The molecular formula is C21H27N4O3+. The second-order valence-corrected chi connectivity index (χ2v) is 6.83. The molecule has 3 amide bonds. The monoisotopic (exact) mass is 383 g/mol. The van der Waals surface area contributed by atoms with E-state index >= 15 is 0 Å². The highest BCUT2D eigenvalue weighted by Crippen LogP contribution is 2.18. The summed E-state index contributed by atoms with van der Waals surface area (Å²) < 4.78 is 0. The van der Waals surface area contributed by atoms with E-state index in [-0.39, 0.29) is 30.8 Å². The molecule has 0 saturated carbocycles. The number of hydrogen-bond acceptors (Lipinski definition) is 3. The van der Waals surface area contributed by atoms with Gasteiger partial charge in [-0.1, -0.05) is 18.2 Å². The minimum absolute atomic E-state index is 0.141. The molecule has 1 unspecified atom stereocenters.